The number of anilines is 2. The van der Waals surface area contributed by atoms with Crippen molar-refractivity contribution in [2.75, 3.05) is 43.1 Å². The molecular weight excluding hydrogens is 540 g/mol. The Morgan fingerprint density at radius 1 is 0.902 bits per heavy atom. The van der Waals surface area contributed by atoms with Gasteiger partial charge in [-0.3, -0.25) is 4.98 Å². The highest BCUT2D eigenvalue weighted by atomic mass is 32.2. The van der Waals surface area contributed by atoms with Crippen LogP contribution in [-0.4, -0.2) is 67.2 Å². The molecule has 0 amide bonds. The standard InChI is InChI=1S/C30H36N6O4S/c1-22-20-25(39-3)21-23(2)28(22)41(37,38)36-15-7-27(36)40-29-32-14-6-26(33-29)35-18-10-30(11-19-35)8-16-34(17-9-30)24-4-12-31-13-5-24/h4-7,12-15,20-21,27H,8-11,16-19H2,1-3H3. The summed E-state index contributed by atoms with van der Waals surface area (Å²) in [6, 6.07) is 9.67. The third-order valence-electron chi connectivity index (χ3n) is 8.70. The highest BCUT2D eigenvalue weighted by Gasteiger charge is 2.39. The van der Waals surface area contributed by atoms with Crippen LogP contribution < -0.4 is 19.3 Å². The number of rotatable bonds is 7. The molecule has 11 heteroatoms. The number of methoxy groups -OCH3 is 1. The smallest absolute Gasteiger partial charge is 0.320 e. The molecular formula is C30H36N6O4S. The SMILES string of the molecule is COc1cc(C)c(S(=O)(=O)N2C=CC2Oc2nccc(N3CCC4(CCN(c5ccncc5)CC4)CC3)n2)c(C)c1. The van der Waals surface area contributed by atoms with Gasteiger partial charge in [-0.05, 0) is 92.5 Å². The number of hydrogen-bond donors (Lipinski definition) is 0. The molecule has 1 unspecified atom stereocenters. The average molecular weight is 577 g/mol. The molecule has 0 aliphatic carbocycles. The molecule has 1 spiro atoms. The first-order chi connectivity index (χ1) is 19.8. The molecule has 41 heavy (non-hydrogen) atoms. The summed E-state index contributed by atoms with van der Waals surface area (Å²) in [5, 5.41) is 0. The zero-order chi connectivity index (χ0) is 28.6. The Hall–Kier alpha value is -3.86. The number of aryl methyl sites for hydroxylation is 2. The lowest BCUT2D eigenvalue weighted by atomic mass is 9.71. The first-order valence-corrected chi connectivity index (χ1v) is 15.5. The predicted molar refractivity (Wildman–Crippen MR) is 157 cm³/mol. The first-order valence-electron chi connectivity index (χ1n) is 14.0. The lowest BCUT2D eigenvalue weighted by molar-refractivity contribution is 0.122. The fourth-order valence-electron chi connectivity index (χ4n) is 6.25. The van der Waals surface area contributed by atoms with Crippen LogP contribution in [0.1, 0.15) is 36.8 Å². The third-order valence-corrected chi connectivity index (χ3v) is 10.7. The Balaban J connectivity index is 1.08. The molecule has 0 bridgehead atoms. The van der Waals surface area contributed by atoms with Crippen LogP contribution in [0.15, 0.2) is 66.1 Å². The Labute approximate surface area is 241 Å². The van der Waals surface area contributed by atoms with Gasteiger partial charge in [-0.2, -0.15) is 4.98 Å². The Morgan fingerprint density at radius 3 is 2.12 bits per heavy atom. The molecule has 0 radical (unpaired) electrons. The predicted octanol–water partition coefficient (Wildman–Crippen LogP) is 4.31. The van der Waals surface area contributed by atoms with Gasteiger partial charge in [0.15, 0.2) is 0 Å². The second-order valence-electron chi connectivity index (χ2n) is 11.2. The summed E-state index contributed by atoms with van der Waals surface area (Å²) in [4.78, 5) is 18.1. The van der Waals surface area contributed by atoms with Crippen molar-refractivity contribution in [1.29, 1.82) is 0 Å². The number of ether oxygens (including phenoxy) is 2. The van der Waals surface area contributed by atoms with Gasteiger partial charge < -0.3 is 19.3 Å². The molecule has 5 heterocycles. The van der Waals surface area contributed by atoms with Gasteiger partial charge in [-0.25, -0.2) is 17.7 Å². The normalized spacial score (nSPS) is 20.2. The summed E-state index contributed by atoms with van der Waals surface area (Å²) < 4.78 is 39.5. The summed E-state index contributed by atoms with van der Waals surface area (Å²) in [6.07, 6.45) is 12.4. The minimum Gasteiger partial charge on any atom is -0.497 e. The van der Waals surface area contributed by atoms with Crippen molar-refractivity contribution in [2.24, 2.45) is 5.41 Å². The van der Waals surface area contributed by atoms with E-state index in [0.717, 1.165) is 44.8 Å². The lowest BCUT2D eigenvalue weighted by Gasteiger charge is -2.47. The fourth-order valence-corrected chi connectivity index (χ4v) is 8.01. The zero-order valence-electron chi connectivity index (χ0n) is 23.7. The van der Waals surface area contributed by atoms with E-state index < -0.39 is 16.3 Å². The number of piperidine rings is 2. The van der Waals surface area contributed by atoms with Gasteiger partial charge in [0, 0.05) is 56.7 Å². The molecule has 2 aromatic heterocycles. The second kappa shape index (κ2) is 10.8. The van der Waals surface area contributed by atoms with Crippen LogP contribution in [0, 0.1) is 19.3 Å². The number of sulfonamides is 1. The molecule has 0 N–H and O–H groups in total. The number of hydrogen-bond acceptors (Lipinski definition) is 9. The van der Waals surface area contributed by atoms with Crippen molar-refractivity contribution in [3.8, 4) is 11.8 Å². The Kier molecular flexibility index (Phi) is 7.23. The molecule has 1 atom stereocenters. The van der Waals surface area contributed by atoms with Crippen LogP contribution in [0.4, 0.5) is 11.5 Å². The lowest BCUT2D eigenvalue weighted by Crippen LogP contribution is -2.47. The van der Waals surface area contributed by atoms with Gasteiger partial charge in [0.25, 0.3) is 10.0 Å². The number of nitrogens with zero attached hydrogens (tertiary/aromatic N) is 6. The third kappa shape index (κ3) is 5.30. The van der Waals surface area contributed by atoms with E-state index in [1.807, 2.05) is 18.5 Å². The molecule has 3 aliphatic heterocycles. The molecule has 1 aromatic carbocycles. The first kappa shape index (κ1) is 27.3. The molecule has 0 saturated carbocycles. The van der Waals surface area contributed by atoms with Gasteiger partial charge >= 0.3 is 6.01 Å². The zero-order valence-corrected chi connectivity index (χ0v) is 24.5. The van der Waals surface area contributed by atoms with Crippen LogP contribution in [0.2, 0.25) is 0 Å². The van der Waals surface area contributed by atoms with E-state index in [1.54, 1.807) is 45.4 Å². The largest absolute Gasteiger partial charge is 0.497 e. The van der Waals surface area contributed by atoms with E-state index in [2.05, 4.69) is 36.9 Å². The van der Waals surface area contributed by atoms with E-state index in [9.17, 15) is 8.42 Å². The Morgan fingerprint density at radius 2 is 1.54 bits per heavy atom. The number of benzene rings is 1. The maximum Gasteiger partial charge on any atom is 0.320 e. The molecule has 3 aliphatic rings. The van der Waals surface area contributed by atoms with Gasteiger partial charge in [0.1, 0.15) is 11.6 Å². The highest BCUT2D eigenvalue weighted by molar-refractivity contribution is 7.89. The minimum absolute atomic E-state index is 0.158. The molecule has 3 aromatic rings. The molecule has 6 rings (SSSR count). The van der Waals surface area contributed by atoms with Crippen LogP contribution in [0.25, 0.3) is 0 Å². The van der Waals surface area contributed by atoms with Crippen molar-refractivity contribution in [3.63, 3.8) is 0 Å². The van der Waals surface area contributed by atoms with E-state index in [-0.39, 0.29) is 10.9 Å². The number of aromatic nitrogens is 3. The monoisotopic (exact) mass is 576 g/mol. The van der Waals surface area contributed by atoms with Crippen molar-refractivity contribution in [2.45, 2.75) is 50.7 Å². The second-order valence-corrected chi connectivity index (χ2v) is 12.9. The summed E-state index contributed by atoms with van der Waals surface area (Å²) in [6.45, 7) is 7.51. The van der Waals surface area contributed by atoms with Gasteiger partial charge in [0.2, 0.25) is 6.23 Å². The minimum atomic E-state index is -3.83. The quantitative estimate of drug-likeness (QED) is 0.407. The maximum absolute atomic E-state index is 13.5. The van der Waals surface area contributed by atoms with Gasteiger partial charge in [-0.1, -0.05) is 0 Å². The van der Waals surface area contributed by atoms with Gasteiger partial charge in [-0.15, -0.1) is 0 Å². The Bertz CT molecular complexity index is 1510. The number of pyridine rings is 1. The highest BCUT2D eigenvalue weighted by Crippen LogP contribution is 2.43. The summed E-state index contributed by atoms with van der Waals surface area (Å²) in [7, 11) is -2.27. The van der Waals surface area contributed by atoms with E-state index in [1.165, 1.54) is 29.0 Å². The van der Waals surface area contributed by atoms with E-state index >= 15 is 0 Å². The van der Waals surface area contributed by atoms with Crippen LogP contribution >= 0.6 is 0 Å². The molecule has 216 valence electrons. The molecule has 10 nitrogen and oxygen atoms in total. The van der Waals surface area contributed by atoms with Crippen molar-refractivity contribution < 1.29 is 17.9 Å². The average Bonchev–Trinajstić information content (AvgIpc) is 2.96. The van der Waals surface area contributed by atoms with E-state index in [0.29, 0.717) is 22.3 Å². The van der Waals surface area contributed by atoms with Gasteiger partial charge in [0.05, 0.1) is 12.0 Å². The van der Waals surface area contributed by atoms with Crippen LogP contribution in [-0.2, 0) is 10.0 Å². The van der Waals surface area contributed by atoms with Crippen molar-refractivity contribution in [1.82, 2.24) is 19.3 Å². The van der Waals surface area contributed by atoms with Crippen molar-refractivity contribution in [3.05, 3.63) is 72.3 Å². The summed E-state index contributed by atoms with van der Waals surface area (Å²) >= 11 is 0. The topological polar surface area (TPSA) is 101 Å². The van der Waals surface area contributed by atoms with Crippen molar-refractivity contribution >= 4 is 21.5 Å². The maximum atomic E-state index is 13.5. The van der Waals surface area contributed by atoms with Crippen LogP contribution in [0.5, 0.6) is 11.8 Å². The molecule has 2 saturated heterocycles. The van der Waals surface area contributed by atoms with Crippen LogP contribution in [0.3, 0.4) is 0 Å². The summed E-state index contributed by atoms with van der Waals surface area (Å²) in [5.41, 5.74) is 2.85. The fraction of sp³-hybridized carbons (Fsp3) is 0.433. The summed E-state index contributed by atoms with van der Waals surface area (Å²) in [5.74, 6) is 1.42. The molecule has 2 fully saturated rings. The van der Waals surface area contributed by atoms with E-state index in [4.69, 9.17) is 9.47 Å².